The fourth-order valence-electron chi connectivity index (χ4n) is 3.18. The van der Waals surface area contributed by atoms with Crippen LogP contribution in [0.4, 0.5) is 5.69 Å². The summed E-state index contributed by atoms with van der Waals surface area (Å²) in [4.78, 5) is 25.3. The van der Waals surface area contributed by atoms with Crippen LogP contribution in [-0.2, 0) is 0 Å². The van der Waals surface area contributed by atoms with Gasteiger partial charge in [-0.3, -0.25) is 9.59 Å². The lowest BCUT2D eigenvalue weighted by Crippen LogP contribution is -2.18. The minimum absolute atomic E-state index is 0.239. The Morgan fingerprint density at radius 2 is 1.78 bits per heavy atom. The lowest BCUT2D eigenvalue weighted by molar-refractivity contribution is 0.0958. The van der Waals surface area contributed by atoms with Crippen LogP contribution >= 0.6 is 22.9 Å². The van der Waals surface area contributed by atoms with Gasteiger partial charge in [0.25, 0.3) is 11.8 Å². The van der Waals surface area contributed by atoms with Crippen LogP contribution in [0.25, 0.3) is 10.1 Å². The van der Waals surface area contributed by atoms with Crippen molar-refractivity contribution in [2.75, 3.05) is 5.32 Å². The molecule has 0 bridgehead atoms. The molecule has 0 radical (unpaired) electrons. The number of carbonyl (C=O) groups is 2. The van der Waals surface area contributed by atoms with Crippen LogP contribution in [0.3, 0.4) is 0 Å². The summed E-state index contributed by atoms with van der Waals surface area (Å²) in [6.45, 7) is 5.52. The summed E-state index contributed by atoms with van der Waals surface area (Å²) in [5.74, 6) is -0.0312. The molecule has 2 N–H and O–H groups in total. The van der Waals surface area contributed by atoms with Gasteiger partial charge in [0.05, 0.1) is 22.6 Å². The van der Waals surface area contributed by atoms with Crippen molar-refractivity contribution in [1.29, 1.82) is 0 Å². The van der Waals surface area contributed by atoms with Gasteiger partial charge in [-0.1, -0.05) is 35.9 Å². The van der Waals surface area contributed by atoms with Crippen molar-refractivity contribution in [3.63, 3.8) is 0 Å². The number of halogens is 1. The first-order valence-electron chi connectivity index (χ1n) is 9.82. The number of amides is 2. The number of rotatable bonds is 5. The maximum atomic E-state index is 12.6. The summed E-state index contributed by atoms with van der Waals surface area (Å²) < 4.78 is 6.13. The number of carbonyl (C=O) groups excluding carboxylic acids is 2. The van der Waals surface area contributed by atoms with Gasteiger partial charge in [-0.25, -0.2) is 5.43 Å². The Morgan fingerprint density at radius 3 is 2.47 bits per heavy atom. The van der Waals surface area contributed by atoms with E-state index in [1.807, 2.05) is 37.3 Å². The first kappa shape index (κ1) is 21.8. The number of benzene rings is 2. The Balaban J connectivity index is 1.44. The molecule has 162 valence electrons. The van der Waals surface area contributed by atoms with E-state index in [9.17, 15) is 9.59 Å². The molecule has 0 fully saturated rings. The third-order valence-corrected chi connectivity index (χ3v) is 6.64. The molecule has 0 aliphatic carbocycles. The first-order valence-corrected chi connectivity index (χ1v) is 11.0. The average Bonchev–Trinajstić information content (AvgIpc) is 3.35. The number of nitrogens with zero attached hydrogens (tertiary/aromatic N) is 1. The van der Waals surface area contributed by atoms with E-state index in [4.69, 9.17) is 16.0 Å². The fourth-order valence-corrected chi connectivity index (χ4v) is 4.69. The number of nitrogens with one attached hydrogen (secondary N) is 2. The maximum Gasteiger partial charge on any atom is 0.283 e. The summed E-state index contributed by atoms with van der Waals surface area (Å²) in [5.41, 5.74) is 6.25. The highest BCUT2D eigenvalue weighted by atomic mass is 35.5. The molecule has 2 amide bonds. The Hall–Kier alpha value is -3.42. The van der Waals surface area contributed by atoms with Crippen molar-refractivity contribution in [1.82, 2.24) is 5.43 Å². The molecule has 0 atom stereocenters. The number of hydrogen-bond acceptors (Lipinski definition) is 5. The summed E-state index contributed by atoms with van der Waals surface area (Å²) in [6, 6.07) is 14.7. The second-order valence-corrected chi connectivity index (χ2v) is 8.74. The molecule has 8 heteroatoms. The highest BCUT2D eigenvalue weighted by molar-refractivity contribution is 7.21. The van der Waals surface area contributed by atoms with E-state index in [-0.39, 0.29) is 11.8 Å². The van der Waals surface area contributed by atoms with Crippen molar-refractivity contribution < 1.29 is 14.0 Å². The van der Waals surface area contributed by atoms with Gasteiger partial charge in [0.1, 0.15) is 10.6 Å². The Morgan fingerprint density at radius 1 is 1.03 bits per heavy atom. The number of fused-ring (bicyclic) bond motifs is 1. The average molecular weight is 466 g/mol. The van der Waals surface area contributed by atoms with Crippen LogP contribution in [-0.4, -0.2) is 17.5 Å². The van der Waals surface area contributed by atoms with Gasteiger partial charge in [-0.05, 0) is 56.2 Å². The zero-order valence-electron chi connectivity index (χ0n) is 17.7. The molecule has 4 rings (SSSR count). The minimum atomic E-state index is -0.354. The number of thiophene rings is 1. The number of furan rings is 1. The molecule has 4 aromatic rings. The Labute approximate surface area is 193 Å². The van der Waals surface area contributed by atoms with Crippen LogP contribution in [0, 0.1) is 13.8 Å². The standard InChI is InChI=1S/C24H20ClN3O3S/c1-13-4-9-19-20(12-13)32-22(21(19)25)24(30)28-27-14(2)16-5-7-17(8-6-16)26-23(29)18-10-11-31-15(18)3/h4-12H,1-3H3,(H,26,29)(H,28,30). The van der Waals surface area contributed by atoms with Crippen molar-refractivity contribution >= 4 is 56.2 Å². The molecule has 0 aliphatic heterocycles. The zero-order chi connectivity index (χ0) is 22.8. The van der Waals surface area contributed by atoms with Gasteiger partial charge in [0, 0.05) is 15.8 Å². The van der Waals surface area contributed by atoms with Crippen LogP contribution < -0.4 is 10.7 Å². The quantitative estimate of drug-likeness (QED) is 0.273. The van der Waals surface area contributed by atoms with Gasteiger partial charge < -0.3 is 9.73 Å². The second kappa shape index (κ2) is 8.98. The van der Waals surface area contributed by atoms with E-state index in [0.717, 1.165) is 21.2 Å². The first-order chi connectivity index (χ1) is 15.3. The maximum absolute atomic E-state index is 12.6. The van der Waals surface area contributed by atoms with E-state index in [0.29, 0.717) is 32.6 Å². The molecule has 0 saturated heterocycles. The van der Waals surface area contributed by atoms with Gasteiger partial charge in [0.2, 0.25) is 0 Å². The predicted octanol–water partition coefficient (Wildman–Crippen LogP) is 6.17. The smallest absolute Gasteiger partial charge is 0.283 e. The number of anilines is 1. The van der Waals surface area contributed by atoms with E-state index >= 15 is 0 Å². The van der Waals surface area contributed by atoms with Crippen LogP contribution in [0.1, 0.15) is 43.8 Å². The summed E-state index contributed by atoms with van der Waals surface area (Å²) >= 11 is 7.74. The summed E-state index contributed by atoms with van der Waals surface area (Å²) in [6.07, 6.45) is 1.48. The van der Waals surface area contributed by atoms with Gasteiger partial charge >= 0.3 is 0 Å². The highest BCUT2D eigenvalue weighted by Crippen LogP contribution is 2.35. The van der Waals surface area contributed by atoms with Crippen molar-refractivity contribution in [3.8, 4) is 0 Å². The van der Waals surface area contributed by atoms with Crippen LogP contribution in [0.15, 0.2) is 64.3 Å². The second-order valence-electron chi connectivity index (χ2n) is 7.30. The summed E-state index contributed by atoms with van der Waals surface area (Å²) in [5, 5.41) is 8.32. The third-order valence-electron chi connectivity index (χ3n) is 4.98. The summed E-state index contributed by atoms with van der Waals surface area (Å²) in [7, 11) is 0. The predicted molar refractivity (Wildman–Crippen MR) is 129 cm³/mol. The van der Waals surface area contributed by atoms with E-state index < -0.39 is 0 Å². The van der Waals surface area contributed by atoms with E-state index in [2.05, 4.69) is 15.8 Å². The molecular weight excluding hydrogens is 446 g/mol. The van der Waals surface area contributed by atoms with Gasteiger partial charge in [-0.15, -0.1) is 11.3 Å². The Bertz CT molecular complexity index is 1350. The molecule has 2 aromatic carbocycles. The topological polar surface area (TPSA) is 83.7 Å². The fraction of sp³-hybridized carbons (Fsp3) is 0.125. The lowest BCUT2D eigenvalue weighted by Gasteiger charge is -2.06. The van der Waals surface area contributed by atoms with Crippen molar-refractivity contribution in [2.45, 2.75) is 20.8 Å². The molecule has 0 spiro atoms. The molecule has 6 nitrogen and oxygen atoms in total. The monoisotopic (exact) mass is 465 g/mol. The normalized spacial score (nSPS) is 11.6. The largest absolute Gasteiger partial charge is 0.469 e. The van der Waals surface area contributed by atoms with Gasteiger partial charge in [0.15, 0.2) is 0 Å². The van der Waals surface area contributed by atoms with Crippen LogP contribution in [0.5, 0.6) is 0 Å². The molecule has 2 heterocycles. The van der Waals surface area contributed by atoms with Gasteiger partial charge in [-0.2, -0.15) is 5.10 Å². The highest BCUT2D eigenvalue weighted by Gasteiger charge is 2.17. The number of hydrazone groups is 1. The number of aryl methyl sites for hydroxylation is 2. The molecule has 0 aliphatic rings. The van der Waals surface area contributed by atoms with Crippen molar-refractivity contribution in [2.24, 2.45) is 5.10 Å². The Kier molecular flexibility index (Phi) is 6.12. The lowest BCUT2D eigenvalue weighted by atomic mass is 10.1. The molecule has 0 unspecified atom stereocenters. The van der Waals surface area contributed by atoms with Crippen molar-refractivity contribution in [3.05, 3.63) is 87.1 Å². The zero-order valence-corrected chi connectivity index (χ0v) is 19.2. The molecular formula is C24H20ClN3O3S. The number of hydrogen-bond donors (Lipinski definition) is 2. The molecule has 0 saturated carbocycles. The third kappa shape index (κ3) is 4.44. The molecule has 32 heavy (non-hydrogen) atoms. The van der Waals surface area contributed by atoms with Crippen LogP contribution in [0.2, 0.25) is 5.02 Å². The SMILES string of the molecule is CC(=NNC(=O)c1sc2cc(C)ccc2c1Cl)c1ccc(NC(=O)c2ccoc2C)cc1. The van der Waals surface area contributed by atoms with E-state index in [1.54, 1.807) is 32.0 Å². The molecule has 2 aromatic heterocycles. The minimum Gasteiger partial charge on any atom is -0.469 e. The van der Waals surface area contributed by atoms with E-state index in [1.165, 1.54) is 17.6 Å².